The molecule has 3 rings (SSSR count). The Morgan fingerprint density at radius 2 is 2.10 bits per heavy atom. The standard InChI is InChI=1S/C14H10N4OS/c1-16-14-17-12(10-6-7-20-13(10)18-14)19-11-5-3-2-4-9(11)8-15/h2-7H,1H3,(H,16,17,18). The average Bonchev–Trinajstić information content (AvgIpc) is 2.96. The van der Waals surface area contributed by atoms with Crippen LogP contribution in [-0.2, 0) is 0 Å². The van der Waals surface area contributed by atoms with E-state index in [1.807, 2.05) is 17.5 Å². The molecule has 98 valence electrons. The third-order valence-corrected chi connectivity index (χ3v) is 3.53. The summed E-state index contributed by atoms with van der Waals surface area (Å²) in [6, 6.07) is 11.1. The Balaban J connectivity index is 2.10. The number of nitriles is 1. The van der Waals surface area contributed by atoms with Gasteiger partial charge in [0.2, 0.25) is 11.8 Å². The van der Waals surface area contributed by atoms with E-state index < -0.39 is 0 Å². The minimum absolute atomic E-state index is 0.448. The van der Waals surface area contributed by atoms with E-state index in [4.69, 9.17) is 10.00 Å². The molecular weight excluding hydrogens is 272 g/mol. The van der Waals surface area contributed by atoms with Gasteiger partial charge >= 0.3 is 0 Å². The van der Waals surface area contributed by atoms with Gasteiger partial charge in [-0.15, -0.1) is 11.3 Å². The summed E-state index contributed by atoms with van der Waals surface area (Å²) < 4.78 is 5.81. The monoisotopic (exact) mass is 282 g/mol. The zero-order valence-electron chi connectivity index (χ0n) is 10.6. The summed E-state index contributed by atoms with van der Waals surface area (Å²) >= 11 is 1.52. The molecule has 2 aromatic heterocycles. The van der Waals surface area contributed by atoms with Crippen molar-refractivity contribution in [3.8, 4) is 17.7 Å². The highest BCUT2D eigenvalue weighted by atomic mass is 32.1. The van der Waals surface area contributed by atoms with Crippen LogP contribution in [-0.4, -0.2) is 17.0 Å². The van der Waals surface area contributed by atoms with Crippen molar-refractivity contribution in [2.24, 2.45) is 0 Å². The lowest BCUT2D eigenvalue weighted by Gasteiger charge is -2.08. The van der Waals surface area contributed by atoms with Crippen LogP contribution in [0.15, 0.2) is 35.7 Å². The number of anilines is 1. The molecule has 0 fully saturated rings. The van der Waals surface area contributed by atoms with Gasteiger partial charge in [-0.05, 0) is 23.6 Å². The largest absolute Gasteiger partial charge is 0.437 e. The Labute approximate surface area is 119 Å². The van der Waals surface area contributed by atoms with Crippen LogP contribution >= 0.6 is 11.3 Å². The molecular formula is C14H10N4OS. The normalized spacial score (nSPS) is 10.2. The summed E-state index contributed by atoms with van der Waals surface area (Å²) in [7, 11) is 1.75. The molecule has 0 amide bonds. The Morgan fingerprint density at radius 1 is 1.25 bits per heavy atom. The molecule has 0 saturated carbocycles. The lowest BCUT2D eigenvalue weighted by molar-refractivity contribution is 0.467. The van der Waals surface area contributed by atoms with Crippen LogP contribution in [0.5, 0.6) is 11.6 Å². The van der Waals surface area contributed by atoms with Gasteiger partial charge in [-0.3, -0.25) is 0 Å². The molecule has 0 saturated heterocycles. The predicted octanol–water partition coefficient (Wildman–Crippen LogP) is 3.40. The minimum Gasteiger partial charge on any atom is -0.437 e. The van der Waals surface area contributed by atoms with E-state index in [1.54, 1.807) is 25.2 Å². The van der Waals surface area contributed by atoms with E-state index in [0.717, 1.165) is 10.2 Å². The second-order valence-electron chi connectivity index (χ2n) is 3.95. The fourth-order valence-corrected chi connectivity index (χ4v) is 2.52. The first-order valence-electron chi connectivity index (χ1n) is 5.92. The van der Waals surface area contributed by atoms with E-state index in [-0.39, 0.29) is 0 Å². The maximum absolute atomic E-state index is 9.10. The van der Waals surface area contributed by atoms with Gasteiger partial charge in [-0.25, -0.2) is 4.98 Å². The van der Waals surface area contributed by atoms with Crippen LogP contribution in [0.25, 0.3) is 10.2 Å². The average molecular weight is 282 g/mol. The summed E-state index contributed by atoms with van der Waals surface area (Å²) in [5, 5.41) is 14.8. The topological polar surface area (TPSA) is 70.8 Å². The number of ether oxygens (including phenoxy) is 1. The van der Waals surface area contributed by atoms with E-state index in [1.165, 1.54) is 11.3 Å². The molecule has 2 heterocycles. The molecule has 0 aliphatic rings. The van der Waals surface area contributed by atoms with Crippen LogP contribution < -0.4 is 10.1 Å². The van der Waals surface area contributed by atoms with E-state index >= 15 is 0 Å². The van der Waals surface area contributed by atoms with E-state index in [0.29, 0.717) is 23.1 Å². The fraction of sp³-hybridized carbons (Fsp3) is 0.0714. The SMILES string of the molecule is CNc1nc(Oc2ccccc2C#N)c2ccsc2n1. The van der Waals surface area contributed by atoms with Crippen LogP contribution in [0.3, 0.4) is 0 Å². The van der Waals surface area contributed by atoms with Crippen LogP contribution in [0.4, 0.5) is 5.95 Å². The first kappa shape index (κ1) is 12.4. The van der Waals surface area contributed by atoms with Gasteiger partial charge in [0.1, 0.15) is 16.6 Å². The van der Waals surface area contributed by atoms with Gasteiger partial charge in [-0.2, -0.15) is 10.2 Å². The molecule has 6 heteroatoms. The van der Waals surface area contributed by atoms with Crippen molar-refractivity contribution in [1.82, 2.24) is 9.97 Å². The van der Waals surface area contributed by atoms with Gasteiger partial charge in [0.05, 0.1) is 10.9 Å². The van der Waals surface area contributed by atoms with Crippen molar-refractivity contribution in [2.45, 2.75) is 0 Å². The van der Waals surface area contributed by atoms with Crippen molar-refractivity contribution in [1.29, 1.82) is 5.26 Å². The summed E-state index contributed by atoms with van der Waals surface area (Å²) in [5.41, 5.74) is 0.473. The molecule has 1 aromatic carbocycles. The number of fused-ring (bicyclic) bond motifs is 1. The van der Waals surface area contributed by atoms with Crippen LogP contribution in [0, 0.1) is 11.3 Å². The smallest absolute Gasteiger partial charge is 0.232 e. The molecule has 0 aliphatic heterocycles. The number of benzene rings is 1. The molecule has 0 radical (unpaired) electrons. The van der Waals surface area contributed by atoms with E-state index in [2.05, 4.69) is 21.4 Å². The van der Waals surface area contributed by atoms with Crippen LogP contribution in [0.2, 0.25) is 0 Å². The summed E-state index contributed by atoms with van der Waals surface area (Å²) in [6.07, 6.45) is 0. The van der Waals surface area contributed by atoms with Gasteiger partial charge in [0.15, 0.2) is 0 Å². The van der Waals surface area contributed by atoms with Gasteiger partial charge in [0.25, 0.3) is 0 Å². The zero-order chi connectivity index (χ0) is 13.9. The molecule has 0 unspecified atom stereocenters. The highest BCUT2D eigenvalue weighted by Gasteiger charge is 2.12. The van der Waals surface area contributed by atoms with Crippen molar-refractivity contribution >= 4 is 27.5 Å². The molecule has 20 heavy (non-hydrogen) atoms. The number of thiophene rings is 1. The summed E-state index contributed by atoms with van der Waals surface area (Å²) in [4.78, 5) is 9.51. The Hall–Kier alpha value is -2.65. The number of nitrogens with one attached hydrogen (secondary N) is 1. The third kappa shape index (κ3) is 2.15. The molecule has 1 N–H and O–H groups in total. The lowest BCUT2D eigenvalue weighted by atomic mass is 10.2. The Kier molecular flexibility index (Phi) is 3.19. The lowest BCUT2D eigenvalue weighted by Crippen LogP contribution is -1.98. The molecule has 0 atom stereocenters. The number of aromatic nitrogens is 2. The van der Waals surface area contributed by atoms with Crippen LogP contribution in [0.1, 0.15) is 5.56 Å². The van der Waals surface area contributed by atoms with Crippen molar-refractivity contribution in [3.05, 3.63) is 41.3 Å². The minimum atomic E-state index is 0.448. The molecule has 0 bridgehead atoms. The fourth-order valence-electron chi connectivity index (χ4n) is 1.77. The molecule has 0 aliphatic carbocycles. The third-order valence-electron chi connectivity index (χ3n) is 2.73. The Bertz CT molecular complexity index is 806. The highest BCUT2D eigenvalue weighted by Crippen LogP contribution is 2.32. The predicted molar refractivity (Wildman–Crippen MR) is 78.2 cm³/mol. The maximum Gasteiger partial charge on any atom is 0.232 e. The number of hydrogen-bond donors (Lipinski definition) is 1. The van der Waals surface area contributed by atoms with Gasteiger partial charge < -0.3 is 10.1 Å². The number of hydrogen-bond acceptors (Lipinski definition) is 6. The van der Waals surface area contributed by atoms with Crippen molar-refractivity contribution in [2.75, 3.05) is 12.4 Å². The van der Waals surface area contributed by atoms with Crippen molar-refractivity contribution < 1.29 is 4.74 Å². The quantitative estimate of drug-likeness (QED) is 0.797. The zero-order valence-corrected chi connectivity index (χ0v) is 11.4. The molecule has 3 aromatic rings. The molecule has 5 nitrogen and oxygen atoms in total. The van der Waals surface area contributed by atoms with Gasteiger partial charge in [0, 0.05) is 7.05 Å². The number of nitrogens with zero attached hydrogens (tertiary/aromatic N) is 3. The second-order valence-corrected chi connectivity index (χ2v) is 4.85. The highest BCUT2D eigenvalue weighted by molar-refractivity contribution is 7.16. The second kappa shape index (κ2) is 5.15. The first-order valence-corrected chi connectivity index (χ1v) is 6.80. The van der Waals surface area contributed by atoms with Crippen molar-refractivity contribution in [3.63, 3.8) is 0 Å². The summed E-state index contributed by atoms with van der Waals surface area (Å²) in [5.74, 6) is 1.43. The van der Waals surface area contributed by atoms with E-state index in [9.17, 15) is 0 Å². The first-order chi connectivity index (χ1) is 9.81. The van der Waals surface area contributed by atoms with Gasteiger partial charge in [-0.1, -0.05) is 12.1 Å². The number of rotatable bonds is 3. The Morgan fingerprint density at radius 3 is 2.90 bits per heavy atom. The summed E-state index contributed by atoms with van der Waals surface area (Å²) in [6.45, 7) is 0. The number of para-hydroxylation sites is 1. The maximum atomic E-state index is 9.10. The molecule has 0 spiro atoms.